The van der Waals surface area contributed by atoms with Crippen molar-refractivity contribution in [2.24, 2.45) is 5.84 Å². The number of hydrogen-bond donors (Lipinski definition) is 2. The van der Waals surface area contributed by atoms with Crippen molar-refractivity contribution in [1.82, 2.24) is 5.43 Å². The Labute approximate surface area is 110 Å². The van der Waals surface area contributed by atoms with Gasteiger partial charge in [0.25, 0.3) is 0 Å². The first-order chi connectivity index (χ1) is 9.01. The summed E-state index contributed by atoms with van der Waals surface area (Å²) >= 11 is 0. The lowest BCUT2D eigenvalue weighted by Crippen LogP contribution is -2.30. The molecule has 0 saturated carbocycles. The second-order valence-corrected chi connectivity index (χ2v) is 4.53. The van der Waals surface area contributed by atoms with Gasteiger partial charge in [-0.3, -0.25) is 11.3 Å². The van der Waals surface area contributed by atoms with Crippen molar-refractivity contribution < 1.29 is 13.2 Å². The molecule has 0 amide bonds. The Morgan fingerprint density at radius 3 is 2.58 bits per heavy atom. The molecular weight excluding hydrogens is 250 g/mol. The molecule has 1 aromatic carbocycles. The van der Waals surface area contributed by atoms with Gasteiger partial charge in [0, 0.05) is 5.56 Å². The zero-order valence-electron chi connectivity index (χ0n) is 10.8. The Morgan fingerprint density at radius 1 is 1.26 bits per heavy atom. The van der Waals surface area contributed by atoms with Crippen molar-refractivity contribution in [3.63, 3.8) is 0 Å². The van der Waals surface area contributed by atoms with Crippen molar-refractivity contribution >= 4 is 0 Å². The molecule has 102 valence electrons. The molecule has 2 aromatic rings. The summed E-state index contributed by atoms with van der Waals surface area (Å²) in [5, 5.41) is 0. The third-order valence-corrected chi connectivity index (χ3v) is 3.09. The molecule has 3 N–H and O–H groups in total. The molecule has 0 bridgehead atoms. The molecule has 0 radical (unpaired) electrons. The van der Waals surface area contributed by atoms with Crippen LogP contribution in [0, 0.1) is 25.5 Å². The minimum absolute atomic E-state index is 0.250. The summed E-state index contributed by atoms with van der Waals surface area (Å²) in [6.45, 7) is 3.64. The van der Waals surface area contributed by atoms with E-state index >= 15 is 0 Å². The van der Waals surface area contributed by atoms with Crippen LogP contribution in [0.3, 0.4) is 0 Å². The number of rotatable bonds is 4. The number of halogens is 2. The van der Waals surface area contributed by atoms with Crippen molar-refractivity contribution in [1.29, 1.82) is 0 Å². The lowest BCUT2D eigenvalue weighted by Gasteiger charge is -2.15. The molecule has 0 saturated heterocycles. The maximum absolute atomic E-state index is 13.6. The smallest absolute Gasteiger partial charge is 0.126 e. The van der Waals surface area contributed by atoms with Gasteiger partial charge in [0.05, 0.1) is 6.04 Å². The van der Waals surface area contributed by atoms with Crippen molar-refractivity contribution in [2.45, 2.75) is 26.3 Å². The fourth-order valence-electron chi connectivity index (χ4n) is 2.17. The summed E-state index contributed by atoms with van der Waals surface area (Å²) in [5.74, 6) is 6.08. The molecule has 2 rings (SSSR count). The fourth-order valence-corrected chi connectivity index (χ4v) is 2.17. The average Bonchev–Trinajstić information content (AvgIpc) is 2.69. The molecule has 5 heteroatoms. The Balaban J connectivity index is 2.29. The van der Waals surface area contributed by atoms with E-state index in [0.717, 1.165) is 29.2 Å². The van der Waals surface area contributed by atoms with Crippen molar-refractivity contribution in [3.05, 3.63) is 58.5 Å². The van der Waals surface area contributed by atoms with Crippen LogP contribution in [-0.4, -0.2) is 0 Å². The van der Waals surface area contributed by atoms with Crippen LogP contribution in [0.2, 0.25) is 0 Å². The molecule has 3 nitrogen and oxygen atoms in total. The summed E-state index contributed by atoms with van der Waals surface area (Å²) < 4.78 is 32.2. The van der Waals surface area contributed by atoms with E-state index in [1.807, 2.05) is 19.9 Å². The molecule has 0 spiro atoms. The minimum atomic E-state index is -0.465. The Morgan fingerprint density at radius 2 is 2.00 bits per heavy atom. The van der Waals surface area contributed by atoms with Crippen LogP contribution in [0.4, 0.5) is 8.78 Å². The predicted molar refractivity (Wildman–Crippen MR) is 68.3 cm³/mol. The van der Waals surface area contributed by atoms with Gasteiger partial charge in [0.1, 0.15) is 23.2 Å². The van der Waals surface area contributed by atoms with E-state index in [0.29, 0.717) is 0 Å². The zero-order chi connectivity index (χ0) is 14.0. The molecule has 1 atom stereocenters. The van der Waals surface area contributed by atoms with E-state index in [2.05, 4.69) is 5.43 Å². The third-order valence-electron chi connectivity index (χ3n) is 3.09. The summed E-state index contributed by atoms with van der Waals surface area (Å²) in [6.07, 6.45) is 0.250. The van der Waals surface area contributed by atoms with E-state index in [1.54, 1.807) is 0 Å². The maximum Gasteiger partial charge on any atom is 0.126 e. The second-order valence-electron chi connectivity index (χ2n) is 4.53. The van der Waals surface area contributed by atoms with Gasteiger partial charge in [0.2, 0.25) is 0 Å². The monoisotopic (exact) mass is 266 g/mol. The van der Waals surface area contributed by atoms with Gasteiger partial charge in [0.15, 0.2) is 0 Å². The molecule has 19 heavy (non-hydrogen) atoms. The van der Waals surface area contributed by atoms with Crippen LogP contribution in [0.25, 0.3) is 0 Å². The molecule has 0 aliphatic heterocycles. The Kier molecular flexibility index (Phi) is 3.97. The predicted octanol–water partition coefficient (Wildman–Crippen LogP) is 2.92. The first-order valence-corrected chi connectivity index (χ1v) is 5.98. The van der Waals surface area contributed by atoms with Crippen LogP contribution < -0.4 is 11.3 Å². The largest absolute Gasteiger partial charge is 0.466 e. The van der Waals surface area contributed by atoms with Gasteiger partial charge >= 0.3 is 0 Å². The standard InChI is InChI=1S/C14H16F2N2O/c1-8-5-12(9(2)19-8)14(18-17)7-10-6-11(15)3-4-13(10)16/h3-6,14,18H,7,17H2,1-2H3. The van der Waals surface area contributed by atoms with E-state index in [-0.39, 0.29) is 18.0 Å². The van der Waals surface area contributed by atoms with E-state index < -0.39 is 11.6 Å². The highest BCUT2D eigenvalue weighted by molar-refractivity contribution is 5.28. The summed E-state index contributed by atoms with van der Waals surface area (Å²) in [6, 6.07) is 4.91. The minimum Gasteiger partial charge on any atom is -0.466 e. The molecule has 1 aromatic heterocycles. The molecule has 0 aliphatic rings. The van der Waals surface area contributed by atoms with Crippen LogP contribution in [-0.2, 0) is 6.42 Å². The molecule has 0 fully saturated rings. The SMILES string of the molecule is Cc1cc(C(Cc2cc(F)ccc2F)NN)c(C)o1. The number of aryl methyl sites for hydroxylation is 2. The maximum atomic E-state index is 13.6. The van der Waals surface area contributed by atoms with Gasteiger partial charge in [-0.25, -0.2) is 8.78 Å². The highest BCUT2D eigenvalue weighted by Crippen LogP contribution is 2.25. The van der Waals surface area contributed by atoms with E-state index in [1.165, 1.54) is 6.07 Å². The number of hydrogen-bond acceptors (Lipinski definition) is 3. The number of nitrogens with two attached hydrogens (primary N) is 1. The molecule has 1 unspecified atom stereocenters. The van der Waals surface area contributed by atoms with Gasteiger partial charge < -0.3 is 4.42 Å². The second kappa shape index (κ2) is 5.50. The fraction of sp³-hybridized carbons (Fsp3) is 0.286. The lowest BCUT2D eigenvalue weighted by molar-refractivity contribution is 0.480. The number of hydrazine groups is 1. The van der Waals surface area contributed by atoms with Crippen LogP contribution in [0.5, 0.6) is 0 Å². The van der Waals surface area contributed by atoms with Crippen LogP contribution in [0.15, 0.2) is 28.7 Å². The highest BCUT2D eigenvalue weighted by Gasteiger charge is 2.18. The summed E-state index contributed by atoms with van der Waals surface area (Å²) in [7, 11) is 0. The van der Waals surface area contributed by atoms with Crippen LogP contribution in [0.1, 0.15) is 28.7 Å². The highest BCUT2D eigenvalue weighted by atomic mass is 19.1. The van der Waals surface area contributed by atoms with E-state index in [4.69, 9.17) is 10.3 Å². The molecular formula is C14H16F2N2O. The van der Waals surface area contributed by atoms with Crippen molar-refractivity contribution in [2.75, 3.05) is 0 Å². The van der Waals surface area contributed by atoms with Gasteiger partial charge in [-0.2, -0.15) is 0 Å². The van der Waals surface area contributed by atoms with Crippen molar-refractivity contribution in [3.8, 4) is 0 Å². The van der Waals surface area contributed by atoms with E-state index in [9.17, 15) is 8.78 Å². The first kappa shape index (κ1) is 13.7. The zero-order valence-corrected chi connectivity index (χ0v) is 10.8. The average molecular weight is 266 g/mol. The number of benzene rings is 1. The first-order valence-electron chi connectivity index (χ1n) is 5.98. The summed E-state index contributed by atoms with van der Waals surface area (Å²) in [4.78, 5) is 0. The summed E-state index contributed by atoms with van der Waals surface area (Å²) in [5.41, 5.74) is 3.75. The Hall–Kier alpha value is -1.72. The third kappa shape index (κ3) is 3.00. The van der Waals surface area contributed by atoms with Gasteiger partial charge in [-0.05, 0) is 50.1 Å². The number of nitrogens with one attached hydrogen (secondary N) is 1. The lowest BCUT2D eigenvalue weighted by atomic mass is 9.99. The van der Waals surface area contributed by atoms with Gasteiger partial charge in [-0.15, -0.1) is 0 Å². The number of furan rings is 1. The van der Waals surface area contributed by atoms with Crippen LogP contribution >= 0.6 is 0 Å². The molecule has 1 heterocycles. The Bertz CT molecular complexity index is 581. The molecule has 0 aliphatic carbocycles. The topological polar surface area (TPSA) is 51.2 Å². The normalized spacial score (nSPS) is 12.7. The van der Waals surface area contributed by atoms with Gasteiger partial charge in [-0.1, -0.05) is 0 Å². The quantitative estimate of drug-likeness (QED) is 0.661.